The molecule has 0 aliphatic rings. The fourth-order valence-corrected chi connectivity index (χ4v) is 3.21. The van der Waals surface area contributed by atoms with Crippen molar-refractivity contribution in [2.75, 3.05) is 33.7 Å². The summed E-state index contributed by atoms with van der Waals surface area (Å²) in [6.45, 7) is 4.66. The van der Waals surface area contributed by atoms with E-state index in [4.69, 9.17) is 8.85 Å². The summed E-state index contributed by atoms with van der Waals surface area (Å²) in [5.41, 5.74) is 0. The summed E-state index contributed by atoms with van der Waals surface area (Å²) in [5.74, 6) is 0. The maximum atomic E-state index is 5.23. The Balaban J connectivity index is 3.17. The lowest BCUT2D eigenvalue weighted by Crippen LogP contribution is -2.18. The molecule has 0 N–H and O–H groups in total. The third-order valence-corrected chi connectivity index (χ3v) is 4.96. The van der Waals surface area contributed by atoms with E-state index in [9.17, 15) is 0 Å². The molecule has 0 radical (unpaired) electrons. The first kappa shape index (κ1) is 12.6. The van der Waals surface area contributed by atoms with Crippen LogP contribution in [0.15, 0.2) is 0 Å². The number of unbranched alkanes of at least 4 members (excludes halogenated alkanes) is 1. The van der Waals surface area contributed by atoms with E-state index in [2.05, 4.69) is 13.3 Å². The molecule has 0 aromatic heterocycles. The summed E-state index contributed by atoms with van der Waals surface area (Å²) < 4.78 is 10.5. The molecular formula is C8H21O2PSi. The van der Waals surface area contributed by atoms with Crippen LogP contribution in [0.4, 0.5) is 0 Å². The highest BCUT2D eigenvalue weighted by Gasteiger charge is 2.07. The topological polar surface area (TPSA) is 18.5 Å². The van der Waals surface area contributed by atoms with Gasteiger partial charge in [0.05, 0.1) is 0 Å². The monoisotopic (exact) mass is 208 g/mol. The normalized spacial score (nSPS) is 11.5. The van der Waals surface area contributed by atoms with E-state index in [-0.39, 0.29) is 0 Å². The van der Waals surface area contributed by atoms with E-state index < -0.39 is 9.28 Å². The Morgan fingerprint density at radius 2 is 1.67 bits per heavy atom. The van der Waals surface area contributed by atoms with E-state index in [1.54, 1.807) is 14.2 Å². The van der Waals surface area contributed by atoms with Gasteiger partial charge in [0.2, 0.25) is 0 Å². The van der Waals surface area contributed by atoms with Crippen molar-refractivity contribution in [3.8, 4) is 0 Å². The summed E-state index contributed by atoms with van der Waals surface area (Å²) in [6.07, 6.45) is 4.01. The molecule has 0 atom stereocenters. The first-order chi connectivity index (χ1) is 5.70. The molecule has 4 heteroatoms. The maximum absolute atomic E-state index is 5.23. The summed E-state index contributed by atoms with van der Waals surface area (Å²) in [4.78, 5) is 0. The van der Waals surface area contributed by atoms with Crippen LogP contribution in [-0.2, 0) is 8.85 Å². The Morgan fingerprint density at radius 1 is 1.08 bits per heavy atom. The molecule has 0 bridgehead atoms. The van der Waals surface area contributed by atoms with Crippen LogP contribution in [0.1, 0.15) is 12.8 Å². The second-order valence-corrected chi connectivity index (χ2v) is 8.19. The molecule has 0 aliphatic carbocycles. The average molecular weight is 208 g/mol. The van der Waals surface area contributed by atoms with Crippen molar-refractivity contribution in [2.45, 2.75) is 18.9 Å². The van der Waals surface area contributed by atoms with Gasteiger partial charge in [-0.2, -0.15) is 0 Å². The molecular weight excluding hydrogens is 187 g/mol. The first-order valence-corrected chi connectivity index (χ1v) is 8.59. The highest BCUT2D eigenvalue weighted by molar-refractivity contribution is 7.55. The third-order valence-electron chi connectivity index (χ3n) is 1.82. The molecule has 0 aromatic carbocycles. The predicted molar refractivity (Wildman–Crippen MR) is 58.8 cm³/mol. The Bertz CT molecular complexity index is 97.1. The minimum Gasteiger partial charge on any atom is -0.400 e. The SMILES string of the molecule is CO[SiH](CCCCP(C)C)OC. The van der Waals surface area contributed by atoms with Gasteiger partial charge in [-0.3, -0.25) is 0 Å². The highest BCUT2D eigenvalue weighted by atomic mass is 31.1. The van der Waals surface area contributed by atoms with Gasteiger partial charge >= 0.3 is 9.28 Å². The molecule has 0 rings (SSSR count). The quantitative estimate of drug-likeness (QED) is 0.362. The molecule has 12 heavy (non-hydrogen) atoms. The lowest BCUT2D eigenvalue weighted by atomic mass is 10.4. The van der Waals surface area contributed by atoms with Crippen molar-refractivity contribution < 1.29 is 8.85 Å². The zero-order valence-corrected chi connectivity index (χ0v) is 10.7. The molecule has 0 spiro atoms. The van der Waals surface area contributed by atoms with Crippen LogP contribution in [-0.4, -0.2) is 43.0 Å². The van der Waals surface area contributed by atoms with Crippen LogP contribution < -0.4 is 0 Å². The molecule has 0 aromatic rings. The Hall–Kier alpha value is 0.567. The maximum Gasteiger partial charge on any atom is 0.320 e. The third kappa shape index (κ3) is 7.23. The Labute approximate surface area is 79.2 Å². The zero-order chi connectivity index (χ0) is 9.40. The lowest BCUT2D eigenvalue weighted by molar-refractivity contribution is 0.276. The smallest absolute Gasteiger partial charge is 0.320 e. The second-order valence-electron chi connectivity index (χ2n) is 3.20. The molecule has 0 fully saturated rings. The van der Waals surface area contributed by atoms with Crippen molar-refractivity contribution >= 4 is 17.2 Å². The van der Waals surface area contributed by atoms with Gasteiger partial charge in [-0.15, -0.1) is 7.92 Å². The Kier molecular flexibility index (Phi) is 8.56. The van der Waals surface area contributed by atoms with Gasteiger partial charge in [0.25, 0.3) is 0 Å². The van der Waals surface area contributed by atoms with Crippen LogP contribution in [0, 0.1) is 0 Å². The van der Waals surface area contributed by atoms with Crippen LogP contribution in [0.3, 0.4) is 0 Å². The zero-order valence-electron chi connectivity index (χ0n) is 8.67. The molecule has 0 saturated heterocycles. The van der Waals surface area contributed by atoms with Crippen LogP contribution in [0.25, 0.3) is 0 Å². The number of hydrogen-bond acceptors (Lipinski definition) is 2. The molecule has 2 nitrogen and oxygen atoms in total. The standard InChI is InChI=1S/C8H21O2PSi/c1-9-12(10-2)8-6-5-7-11(3)4/h12H,5-8H2,1-4H3. The van der Waals surface area contributed by atoms with Crippen molar-refractivity contribution in [3.63, 3.8) is 0 Å². The second kappa shape index (κ2) is 8.18. The van der Waals surface area contributed by atoms with Gasteiger partial charge in [0.15, 0.2) is 0 Å². The predicted octanol–water partition coefficient (Wildman–Crippen LogP) is 2.02. The largest absolute Gasteiger partial charge is 0.400 e. The minimum atomic E-state index is -1.25. The van der Waals surface area contributed by atoms with Gasteiger partial charge in [-0.1, -0.05) is 6.42 Å². The van der Waals surface area contributed by atoms with Gasteiger partial charge < -0.3 is 8.85 Å². The van der Waals surface area contributed by atoms with Gasteiger partial charge in [-0.25, -0.2) is 0 Å². The van der Waals surface area contributed by atoms with E-state index >= 15 is 0 Å². The fraction of sp³-hybridized carbons (Fsp3) is 1.00. The van der Waals surface area contributed by atoms with E-state index in [1.807, 2.05) is 0 Å². The molecule has 74 valence electrons. The molecule has 0 saturated carbocycles. The lowest BCUT2D eigenvalue weighted by Gasteiger charge is -2.10. The van der Waals surface area contributed by atoms with Crippen molar-refractivity contribution in [1.82, 2.24) is 0 Å². The van der Waals surface area contributed by atoms with Crippen molar-refractivity contribution in [2.24, 2.45) is 0 Å². The highest BCUT2D eigenvalue weighted by Crippen LogP contribution is 2.26. The summed E-state index contributed by atoms with van der Waals surface area (Å²) >= 11 is 0. The number of hydrogen-bond donors (Lipinski definition) is 0. The van der Waals surface area contributed by atoms with Crippen LogP contribution >= 0.6 is 7.92 Å². The van der Waals surface area contributed by atoms with Gasteiger partial charge in [0.1, 0.15) is 0 Å². The molecule has 0 amide bonds. The summed E-state index contributed by atoms with van der Waals surface area (Å²) in [6, 6.07) is 1.16. The Morgan fingerprint density at radius 3 is 2.08 bits per heavy atom. The van der Waals surface area contributed by atoms with Crippen LogP contribution in [0.5, 0.6) is 0 Å². The van der Waals surface area contributed by atoms with E-state index in [0.717, 1.165) is 6.04 Å². The van der Waals surface area contributed by atoms with E-state index in [0.29, 0.717) is 7.92 Å². The van der Waals surface area contributed by atoms with Crippen molar-refractivity contribution in [3.05, 3.63) is 0 Å². The van der Waals surface area contributed by atoms with Gasteiger partial charge in [0, 0.05) is 14.2 Å². The van der Waals surface area contributed by atoms with Crippen LogP contribution in [0.2, 0.25) is 6.04 Å². The number of rotatable bonds is 7. The summed E-state index contributed by atoms with van der Waals surface area (Å²) in [7, 11) is 2.56. The van der Waals surface area contributed by atoms with Gasteiger partial charge in [-0.05, 0) is 32.0 Å². The fourth-order valence-electron chi connectivity index (χ4n) is 1.07. The average Bonchev–Trinajstić information content (AvgIpc) is 2.04. The summed E-state index contributed by atoms with van der Waals surface area (Å²) in [5, 5.41) is 0. The van der Waals surface area contributed by atoms with E-state index in [1.165, 1.54) is 19.0 Å². The minimum absolute atomic E-state index is 0.294. The molecule has 0 aliphatic heterocycles. The first-order valence-electron chi connectivity index (χ1n) is 4.41. The molecule has 0 heterocycles. The molecule has 0 unspecified atom stereocenters. The van der Waals surface area contributed by atoms with Crippen molar-refractivity contribution in [1.29, 1.82) is 0 Å².